The third-order valence-electron chi connectivity index (χ3n) is 6.53. The second-order valence-corrected chi connectivity index (χ2v) is 8.71. The van der Waals surface area contributed by atoms with E-state index in [9.17, 15) is 4.79 Å². The summed E-state index contributed by atoms with van der Waals surface area (Å²) < 4.78 is 7.44. The molecule has 8 nitrogen and oxygen atoms in total. The van der Waals surface area contributed by atoms with Gasteiger partial charge in [-0.05, 0) is 56.0 Å². The van der Waals surface area contributed by atoms with Crippen molar-refractivity contribution < 1.29 is 9.53 Å². The van der Waals surface area contributed by atoms with Gasteiger partial charge in [0.25, 0.3) is 0 Å². The van der Waals surface area contributed by atoms with Gasteiger partial charge in [-0.2, -0.15) is 0 Å². The van der Waals surface area contributed by atoms with E-state index in [0.717, 1.165) is 41.1 Å². The van der Waals surface area contributed by atoms with Crippen molar-refractivity contribution in [2.45, 2.75) is 44.7 Å². The molecule has 2 aliphatic rings. The number of guanidine groups is 1. The number of nitrogens with zero attached hydrogens (tertiary/aromatic N) is 4. The molecule has 5 rings (SSSR count). The van der Waals surface area contributed by atoms with Crippen LogP contribution in [0.25, 0.3) is 5.52 Å². The van der Waals surface area contributed by atoms with Crippen LogP contribution in [0.15, 0.2) is 53.8 Å². The van der Waals surface area contributed by atoms with Crippen LogP contribution in [0.2, 0.25) is 0 Å². The Morgan fingerprint density at radius 1 is 1.19 bits per heavy atom. The van der Waals surface area contributed by atoms with Crippen molar-refractivity contribution in [2.24, 2.45) is 10.7 Å². The molecular formula is C24H28N6O2. The van der Waals surface area contributed by atoms with E-state index >= 15 is 0 Å². The fourth-order valence-corrected chi connectivity index (χ4v) is 4.85. The van der Waals surface area contributed by atoms with Gasteiger partial charge in [-0.25, -0.2) is 9.98 Å². The van der Waals surface area contributed by atoms with E-state index in [1.165, 1.54) is 0 Å². The van der Waals surface area contributed by atoms with Gasteiger partial charge in [0.15, 0.2) is 5.96 Å². The second-order valence-electron chi connectivity index (χ2n) is 8.71. The molecule has 3 aromatic rings. The minimum absolute atomic E-state index is 0.0175. The van der Waals surface area contributed by atoms with Crippen molar-refractivity contribution in [3.05, 3.63) is 59.9 Å². The van der Waals surface area contributed by atoms with Crippen LogP contribution in [0, 0.1) is 6.92 Å². The number of nitrogens with one attached hydrogen (secondary N) is 1. The molecule has 0 aliphatic carbocycles. The number of ether oxygens (including phenoxy) is 1. The smallest absolute Gasteiger partial charge is 0.232 e. The fraction of sp³-hybridized carbons (Fsp3) is 0.375. The molecular weight excluding hydrogens is 404 g/mol. The molecule has 0 radical (unpaired) electrons. The first-order valence-corrected chi connectivity index (χ1v) is 11.0. The third kappa shape index (κ3) is 3.50. The van der Waals surface area contributed by atoms with E-state index in [1.807, 2.05) is 67.0 Å². The summed E-state index contributed by atoms with van der Waals surface area (Å²) in [6, 6.07) is 12.0. The lowest BCUT2D eigenvalue weighted by Crippen LogP contribution is -2.55. The van der Waals surface area contributed by atoms with Crippen LogP contribution in [-0.4, -0.2) is 45.4 Å². The number of carbonyl (C=O) groups excluding carboxylic acids is 1. The summed E-state index contributed by atoms with van der Waals surface area (Å²) in [6.45, 7) is 5.32. The van der Waals surface area contributed by atoms with Crippen molar-refractivity contribution in [3.8, 4) is 0 Å². The van der Waals surface area contributed by atoms with Gasteiger partial charge in [-0.15, -0.1) is 0 Å². The number of aromatic nitrogens is 2. The number of aliphatic imine (C=N–C) groups is 1. The molecule has 0 bridgehead atoms. The summed E-state index contributed by atoms with van der Waals surface area (Å²) in [5.41, 5.74) is 9.57. The molecule has 0 saturated carbocycles. The van der Waals surface area contributed by atoms with E-state index in [-0.39, 0.29) is 18.4 Å². The molecule has 2 aromatic heterocycles. The molecule has 1 amide bonds. The predicted octanol–water partition coefficient (Wildman–Crippen LogP) is 3.33. The highest BCUT2D eigenvalue weighted by molar-refractivity contribution is 5.99. The monoisotopic (exact) mass is 432 g/mol. The van der Waals surface area contributed by atoms with Crippen LogP contribution in [0.5, 0.6) is 0 Å². The zero-order valence-electron chi connectivity index (χ0n) is 18.4. The van der Waals surface area contributed by atoms with Crippen LogP contribution in [-0.2, 0) is 15.1 Å². The molecule has 0 unspecified atom stereocenters. The minimum atomic E-state index is -0.723. The van der Waals surface area contributed by atoms with Gasteiger partial charge in [0.05, 0.1) is 23.7 Å². The highest BCUT2D eigenvalue weighted by Crippen LogP contribution is 2.38. The third-order valence-corrected chi connectivity index (χ3v) is 6.53. The lowest BCUT2D eigenvalue weighted by Gasteiger charge is -2.40. The first-order chi connectivity index (χ1) is 15.5. The second kappa shape index (κ2) is 7.94. The summed E-state index contributed by atoms with van der Waals surface area (Å²) in [5.74, 6) is 1.05. The summed E-state index contributed by atoms with van der Waals surface area (Å²) in [6.07, 6.45) is 5.66. The van der Waals surface area contributed by atoms with Crippen molar-refractivity contribution in [1.82, 2.24) is 14.3 Å². The van der Waals surface area contributed by atoms with E-state index in [1.54, 1.807) is 4.90 Å². The molecule has 8 heteroatoms. The van der Waals surface area contributed by atoms with E-state index in [4.69, 9.17) is 15.5 Å². The van der Waals surface area contributed by atoms with Crippen molar-refractivity contribution in [2.75, 3.05) is 18.5 Å². The number of anilines is 2. The number of amides is 1. The number of imidazole rings is 1. The molecule has 1 saturated heterocycles. The maximum absolute atomic E-state index is 13.2. The SMILES string of the molecule is Cc1c(Nc2ncc3ccccn23)cccc1[C@]1(C)CC(=O)N(C2CCOCC2)C(N)=N1. The normalized spacial score (nSPS) is 22.2. The predicted molar refractivity (Wildman–Crippen MR) is 124 cm³/mol. The number of pyridine rings is 1. The van der Waals surface area contributed by atoms with Gasteiger partial charge in [0.1, 0.15) is 0 Å². The molecule has 166 valence electrons. The zero-order chi connectivity index (χ0) is 22.3. The van der Waals surface area contributed by atoms with Crippen molar-refractivity contribution in [1.29, 1.82) is 0 Å². The fourth-order valence-electron chi connectivity index (χ4n) is 4.85. The van der Waals surface area contributed by atoms with Crippen molar-refractivity contribution >= 4 is 29.0 Å². The van der Waals surface area contributed by atoms with E-state index < -0.39 is 5.54 Å². The molecule has 3 N–H and O–H groups in total. The Kier molecular flexibility index (Phi) is 5.09. The highest BCUT2D eigenvalue weighted by Gasteiger charge is 2.41. The highest BCUT2D eigenvalue weighted by atomic mass is 16.5. The quantitative estimate of drug-likeness (QED) is 0.659. The topological polar surface area (TPSA) is 97.2 Å². The van der Waals surface area contributed by atoms with E-state index in [0.29, 0.717) is 19.2 Å². The maximum Gasteiger partial charge on any atom is 0.232 e. The van der Waals surface area contributed by atoms with Gasteiger partial charge in [0.2, 0.25) is 11.9 Å². The maximum atomic E-state index is 13.2. The van der Waals surface area contributed by atoms with Gasteiger partial charge in [-0.3, -0.25) is 14.1 Å². The van der Waals surface area contributed by atoms with Crippen LogP contribution in [0.1, 0.15) is 37.3 Å². The number of fused-ring (bicyclic) bond motifs is 1. The molecule has 0 spiro atoms. The van der Waals surface area contributed by atoms with Crippen LogP contribution in [0.4, 0.5) is 11.6 Å². The Balaban J connectivity index is 1.47. The number of benzene rings is 1. The number of nitrogens with two attached hydrogens (primary N) is 1. The van der Waals surface area contributed by atoms with Crippen molar-refractivity contribution in [3.63, 3.8) is 0 Å². The first kappa shape index (κ1) is 20.5. The standard InChI is InChI=1S/C24H28N6O2/c1-16-19(7-5-8-20(16)27-23-26-15-18-6-3-4-11-29(18)23)24(2)14-21(31)30(22(25)28-24)17-9-12-32-13-10-17/h3-8,11,15,17H,9-10,12-14H2,1-2H3,(H2,25,28)(H,26,27)/t24-/m0/s1. The number of carbonyl (C=O) groups is 1. The number of hydrogen-bond donors (Lipinski definition) is 2. The minimum Gasteiger partial charge on any atom is -0.381 e. The summed E-state index contributed by atoms with van der Waals surface area (Å²) in [7, 11) is 0. The Bertz CT molecular complexity index is 1200. The Morgan fingerprint density at radius 2 is 2.00 bits per heavy atom. The van der Waals surface area contributed by atoms with Crippen LogP contribution in [0.3, 0.4) is 0 Å². The number of rotatable bonds is 4. The molecule has 1 fully saturated rings. The van der Waals surface area contributed by atoms with Gasteiger partial charge in [0, 0.05) is 31.1 Å². The van der Waals surface area contributed by atoms with E-state index in [2.05, 4.69) is 10.3 Å². The van der Waals surface area contributed by atoms with Crippen LogP contribution >= 0.6 is 0 Å². The Morgan fingerprint density at radius 3 is 2.78 bits per heavy atom. The molecule has 32 heavy (non-hydrogen) atoms. The lowest BCUT2D eigenvalue weighted by atomic mass is 9.84. The largest absolute Gasteiger partial charge is 0.381 e. The van der Waals surface area contributed by atoms with Gasteiger partial charge in [-0.1, -0.05) is 18.2 Å². The average Bonchev–Trinajstić information content (AvgIpc) is 3.18. The first-order valence-electron chi connectivity index (χ1n) is 11.0. The summed E-state index contributed by atoms with van der Waals surface area (Å²) in [5, 5.41) is 3.44. The lowest BCUT2D eigenvalue weighted by molar-refractivity contribution is -0.132. The van der Waals surface area contributed by atoms with Gasteiger partial charge < -0.3 is 15.8 Å². The molecule has 2 aliphatic heterocycles. The summed E-state index contributed by atoms with van der Waals surface area (Å²) in [4.78, 5) is 24.2. The average molecular weight is 433 g/mol. The number of hydrogen-bond acceptors (Lipinski definition) is 6. The van der Waals surface area contributed by atoms with Crippen LogP contribution < -0.4 is 11.1 Å². The zero-order valence-corrected chi connectivity index (χ0v) is 18.4. The van der Waals surface area contributed by atoms with Gasteiger partial charge >= 0.3 is 0 Å². The summed E-state index contributed by atoms with van der Waals surface area (Å²) >= 11 is 0. The molecule has 1 atom stereocenters. The molecule has 1 aromatic carbocycles. The Hall–Kier alpha value is -3.39. The Labute approximate surface area is 187 Å². The molecule has 4 heterocycles.